The van der Waals surface area contributed by atoms with Gasteiger partial charge in [-0.3, -0.25) is 0 Å². The molecule has 1 heterocycles. The van der Waals surface area contributed by atoms with Crippen LogP contribution in [0.1, 0.15) is 51.0 Å². The molecule has 3 rings (SSSR count). The Morgan fingerprint density at radius 1 is 1.24 bits per heavy atom. The van der Waals surface area contributed by atoms with E-state index < -0.39 is 0 Å². The lowest BCUT2D eigenvalue weighted by Crippen LogP contribution is -2.34. The molecule has 2 unspecified atom stereocenters. The van der Waals surface area contributed by atoms with Crippen LogP contribution in [0.4, 0.5) is 5.69 Å². The molecule has 0 amide bonds. The second-order valence-electron chi connectivity index (χ2n) is 6.91. The molecule has 21 heavy (non-hydrogen) atoms. The van der Waals surface area contributed by atoms with Crippen LogP contribution < -0.4 is 10.6 Å². The first-order valence-electron chi connectivity index (χ1n) is 8.46. The van der Waals surface area contributed by atoms with Crippen LogP contribution >= 0.6 is 11.6 Å². The highest BCUT2D eigenvalue weighted by atomic mass is 35.5. The van der Waals surface area contributed by atoms with E-state index in [0.717, 1.165) is 23.9 Å². The quantitative estimate of drug-likeness (QED) is 0.894. The van der Waals surface area contributed by atoms with Crippen molar-refractivity contribution in [2.24, 2.45) is 11.7 Å². The molecule has 2 aliphatic rings. The van der Waals surface area contributed by atoms with Crippen LogP contribution in [0.2, 0.25) is 5.02 Å². The number of hydrogen-bond acceptors (Lipinski definition) is 2. The second kappa shape index (κ2) is 6.58. The lowest BCUT2D eigenvalue weighted by molar-refractivity contribution is 0.431. The van der Waals surface area contributed by atoms with E-state index in [0.29, 0.717) is 6.04 Å². The molecule has 0 aromatic heterocycles. The van der Waals surface area contributed by atoms with Gasteiger partial charge in [0.2, 0.25) is 0 Å². The Morgan fingerprint density at radius 2 is 2.00 bits per heavy atom. The fourth-order valence-electron chi connectivity index (χ4n) is 4.21. The zero-order valence-corrected chi connectivity index (χ0v) is 13.8. The van der Waals surface area contributed by atoms with Crippen molar-refractivity contribution in [3.05, 3.63) is 28.8 Å². The summed E-state index contributed by atoms with van der Waals surface area (Å²) in [4.78, 5) is 2.58. The third kappa shape index (κ3) is 3.37. The zero-order valence-electron chi connectivity index (χ0n) is 13.0. The Hall–Kier alpha value is -0.730. The van der Waals surface area contributed by atoms with Crippen molar-refractivity contribution in [1.82, 2.24) is 0 Å². The average molecular weight is 307 g/mol. The lowest BCUT2D eigenvalue weighted by atomic mass is 9.95. The van der Waals surface area contributed by atoms with Gasteiger partial charge in [0.15, 0.2) is 0 Å². The molecule has 1 saturated heterocycles. The summed E-state index contributed by atoms with van der Waals surface area (Å²) in [5, 5.41) is 0.901. The monoisotopic (exact) mass is 306 g/mol. The molecule has 1 aliphatic carbocycles. The highest BCUT2D eigenvalue weighted by Crippen LogP contribution is 2.40. The summed E-state index contributed by atoms with van der Waals surface area (Å²) in [5.74, 6) is 0.882. The standard InChI is InChI=1S/C18H27ClN2/c1-13(20)11-14-8-9-18(16(19)12-14)21-10-4-7-17(21)15-5-2-3-6-15/h8-9,12-13,15,17H,2-7,10-11,20H2,1H3. The van der Waals surface area contributed by atoms with Crippen molar-refractivity contribution in [1.29, 1.82) is 0 Å². The highest BCUT2D eigenvalue weighted by molar-refractivity contribution is 6.33. The topological polar surface area (TPSA) is 29.3 Å². The fourth-order valence-corrected chi connectivity index (χ4v) is 4.52. The number of hydrogen-bond donors (Lipinski definition) is 1. The Balaban J connectivity index is 1.78. The normalized spacial score (nSPS) is 24.7. The molecule has 1 aliphatic heterocycles. The summed E-state index contributed by atoms with van der Waals surface area (Å²) in [7, 11) is 0. The molecule has 2 nitrogen and oxygen atoms in total. The van der Waals surface area contributed by atoms with E-state index in [1.807, 2.05) is 6.92 Å². The maximum absolute atomic E-state index is 6.58. The van der Waals surface area contributed by atoms with Crippen molar-refractivity contribution in [2.75, 3.05) is 11.4 Å². The van der Waals surface area contributed by atoms with Crippen LogP contribution in [0.3, 0.4) is 0 Å². The minimum absolute atomic E-state index is 0.185. The number of benzene rings is 1. The van der Waals surface area contributed by atoms with E-state index in [4.69, 9.17) is 17.3 Å². The first-order chi connectivity index (χ1) is 10.1. The van der Waals surface area contributed by atoms with E-state index in [1.165, 1.54) is 49.8 Å². The van der Waals surface area contributed by atoms with Gasteiger partial charge in [0.05, 0.1) is 10.7 Å². The molecule has 0 radical (unpaired) electrons. The predicted molar refractivity (Wildman–Crippen MR) is 91.1 cm³/mol. The summed E-state index contributed by atoms with van der Waals surface area (Å²) in [6.45, 7) is 3.20. The minimum atomic E-state index is 0.185. The van der Waals surface area contributed by atoms with Gasteiger partial charge in [0.1, 0.15) is 0 Å². The third-order valence-corrected chi connectivity index (χ3v) is 5.43. The maximum atomic E-state index is 6.58. The van der Waals surface area contributed by atoms with Gasteiger partial charge in [-0.25, -0.2) is 0 Å². The number of halogens is 1. The van der Waals surface area contributed by atoms with Crippen molar-refractivity contribution in [2.45, 2.75) is 64.0 Å². The highest BCUT2D eigenvalue weighted by Gasteiger charge is 2.34. The summed E-state index contributed by atoms with van der Waals surface area (Å²) in [6.07, 6.45) is 9.17. The molecule has 1 aromatic rings. The Kier molecular flexibility index (Phi) is 4.75. The van der Waals surface area contributed by atoms with Crippen molar-refractivity contribution >= 4 is 17.3 Å². The maximum Gasteiger partial charge on any atom is 0.0642 e. The molecule has 1 saturated carbocycles. The first-order valence-corrected chi connectivity index (χ1v) is 8.83. The number of nitrogens with zero attached hydrogens (tertiary/aromatic N) is 1. The minimum Gasteiger partial charge on any atom is -0.367 e. The van der Waals surface area contributed by atoms with Gasteiger partial charge in [0, 0.05) is 18.6 Å². The zero-order chi connectivity index (χ0) is 14.8. The largest absolute Gasteiger partial charge is 0.367 e. The number of anilines is 1. The van der Waals surface area contributed by atoms with E-state index in [-0.39, 0.29) is 6.04 Å². The Bertz CT molecular complexity index is 480. The third-order valence-electron chi connectivity index (χ3n) is 5.12. The van der Waals surface area contributed by atoms with Gasteiger partial charge in [0.25, 0.3) is 0 Å². The molecular formula is C18H27ClN2. The van der Waals surface area contributed by atoms with Crippen LogP contribution in [0.5, 0.6) is 0 Å². The van der Waals surface area contributed by atoms with Crippen LogP contribution in [-0.4, -0.2) is 18.6 Å². The predicted octanol–water partition coefficient (Wildman–Crippen LogP) is 4.39. The molecular weight excluding hydrogens is 280 g/mol. The summed E-state index contributed by atoms with van der Waals surface area (Å²) in [6, 6.07) is 7.43. The summed E-state index contributed by atoms with van der Waals surface area (Å²) in [5.41, 5.74) is 8.37. The van der Waals surface area contributed by atoms with Gasteiger partial charge < -0.3 is 10.6 Å². The SMILES string of the molecule is CC(N)Cc1ccc(N2CCCC2C2CCCC2)c(Cl)c1. The van der Waals surface area contributed by atoms with E-state index >= 15 is 0 Å². The van der Waals surface area contributed by atoms with Crippen molar-refractivity contribution in [3.63, 3.8) is 0 Å². The molecule has 116 valence electrons. The molecule has 0 bridgehead atoms. The van der Waals surface area contributed by atoms with Gasteiger partial charge >= 0.3 is 0 Å². The number of nitrogens with two attached hydrogens (primary N) is 1. The first kappa shape index (κ1) is 15.2. The van der Waals surface area contributed by atoms with Crippen LogP contribution in [-0.2, 0) is 6.42 Å². The van der Waals surface area contributed by atoms with Gasteiger partial charge in [-0.2, -0.15) is 0 Å². The fraction of sp³-hybridized carbons (Fsp3) is 0.667. The second-order valence-corrected chi connectivity index (χ2v) is 7.32. The van der Waals surface area contributed by atoms with Crippen molar-refractivity contribution in [3.8, 4) is 0 Å². The number of rotatable bonds is 4. The van der Waals surface area contributed by atoms with Crippen LogP contribution in [0, 0.1) is 5.92 Å². The average Bonchev–Trinajstić information content (AvgIpc) is 3.08. The lowest BCUT2D eigenvalue weighted by Gasteiger charge is -2.32. The van der Waals surface area contributed by atoms with Gasteiger partial charge in [-0.05, 0) is 62.6 Å². The Morgan fingerprint density at radius 3 is 2.67 bits per heavy atom. The molecule has 0 spiro atoms. The summed E-state index contributed by atoms with van der Waals surface area (Å²) < 4.78 is 0. The molecule has 1 aromatic carbocycles. The smallest absolute Gasteiger partial charge is 0.0642 e. The van der Waals surface area contributed by atoms with Gasteiger partial charge in [-0.1, -0.05) is 30.5 Å². The molecule has 2 fully saturated rings. The summed E-state index contributed by atoms with van der Waals surface area (Å²) >= 11 is 6.58. The van der Waals surface area contributed by atoms with Gasteiger partial charge in [-0.15, -0.1) is 0 Å². The molecule has 2 atom stereocenters. The van der Waals surface area contributed by atoms with Crippen LogP contribution in [0.15, 0.2) is 18.2 Å². The van der Waals surface area contributed by atoms with E-state index in [1.54, 1.807) is 0 Å². The Labute approximate surface area is 133 Å². The van der Waals surface area contributed by atoms with Crippen LogP contribution in [0.25, 0.3) is 0 Å². The molecule has 2 N–H and O–H groups in total. The van der Waals surface area contributed by atoms with Crippen molar-refractivity contribution < 1.29 is 0 Å². The van der Waals surface area contributed by atoms with E-state index in [2.05, 4.69) is 23.1 Å². The molecule has 3 heteroatoms. The van der Waals surface area contributed by atoms with E-state index in [9.17, 15) is 0 Å².